The van der Waals surface area contributed by atoms with Crippen LogP contribution in [0.3, 0.4) is 0 Å². The van der Waals surface area contributed by atoms with E-state index in [1.807, 2.05) is 13.8 Å². The van der Waals surface area contributed by atoms with E-state index in [0.717, 1.165) is 0 Å². The smallest absolute Gasteiger partial charge is 0.240 e. The van der Waals surface area contributed by atoms with E-state index in [2.05, 4.69) is 0 Å². The Morgan fingerprint density at radius 3 is 2.56 bits per heavy atom. The Kier molecular flexibility index (Phi) is 5.02. The average Bonchev–Trinajstić information content (AvgIpc) is 2.28. The topological polar surface area (TPSA) is 38.8 Å². The molecule has 0 saturated carbocycles. The van der Waals surface area contributed by atoms with Crippen LogP contribution in [-0.2, 0) is 14.3 Å². The normalized spacial score (nSPS) is 19.6. The lowest BCUT2D eigenvalue weighted by Gasteiger charge is -2.31. The van der Waals surface area contributed by atoms with E-state index in [9.17, 15) is 4.79 Å². The monoisotopic (exact) mass is 249 g/mol. The summed E-state index contributed by atoms with van der Waals surface area (Å²) >= 11 is 6.12. The van der Waals surface area contributed by atoms with E-state index in [1.165, 1.54) is 0 Å². The van der Waals surface area contributed by atoms with Crippen molar-refractivity contribution in [3.63, 3.8) is 0 Å². The van der Waals surface area contributed by atoms with E-state index in [0.29, 0.717) is 32.7 Å². The fourth-order valence-corrected chi connectivity index (χ4v) is 2.09. The molecule has 0 spiro atoms. The maximum absolute atomic E-state index is 12.0. The molecule has 1 amide bonds. The molecule has 1 unspecified atom stereocenters. The highest BCUT2D eigenvalue weighted by atomic mass is 35.5. The van der Waals surface area contributed by atoms with Crippen LogP contribution in [0, 0.1) is 0 Å². The van der Waals surface area contributed by atoms with Gasteiger partial charge in [-0.15, -0.1) is 11.6 Å². The minimum atomic E-state index is -0.520. The van der Waals surface area contributed by atoms with Crippen molar-refractivity contribution in [3.05, 3.63) is 0 Å². The van der Waals surface area contributed by atoms with Gasteiger partial charge in [-0.25, -0.2) is 0 Å². The second kappa shape index (κ2) is 5.84. The van der Waals surface area contributed by atoms with Crippen LogP contribution in [0.1, 0.15) is 20.3 Å². The van der Waals surface area contributed by atoms with Gasteiger partial charge in [-0.3, -0.25) is 4.79 Å². The molecule has 1 aliphatic rings. The van der Waals surface area contributed by atoms with E-state index in [-0.39, 0.29) is 11.5 Å². The Morgan fingerprint density at radius 1 is 1.50 bits per heavy atom. The first-order valence-corrected chi connectivity index (χ1v) is 5.96. The zero-order valence-corrected chi connectivity index (χ0v) is 10.9. The van der Waals surface area contributed by atoms with Crippen LogP contribution in [0.15, 0.2) is 0 Å². The summed E-state index contributed by atoms with van der Waals surface area (Å²) in [5, 5.41) is -0.520. The van der Waals surface area contributed by atoms with E-state index in [1.54, 1.807) is 12.0 Å². The third kappa shape index (κ3) is 3.92. The molecular weight excluding hydrogens is 230 g/mol. The molecular formula is C11H20ClNO3. The van der Waals surface area contributed by atoms with Crippen LogP contribution in [0.25, 0.3) is 0 Å². The van der Waals surface area contributed by atoms with Gasteiger partial charge in [-0.05, 0) is 13.8 Å². The van der Waals surface area contributed by atoms with Gasteiger partial charge in [0.05, 0.1) is 18.8 Å². The number of rotatable bonds is 4. The number of ether oxygens (including phenoxy) is 2. The predicted molar refractivity (Wildman–Crippen MR) is 62.7 cm³/mol. The largest absolute Gasteiger partial charge is 0.379 e. The minimum absolute atomic E-state index is 0.0184. The number of carbonyl (C=O) groups is 1. The number of hydrogen-bond donors (Lipinski definition) is 0. The lowest BCUT2D eigenvalue weighted by atomic mass is 10.0. The summed E-state index contributed by atoms with van der Waals surface area (Å²) in [6, 6.07) is 0. The number of halogens is 1. The van der Waals surface area contributed by atoms with Gasteiger partial charge in [0.15, 0.2) is 0 Å². The summed E-state index contributed by atoms with van der Waals surface area (Å²) in [7, 11) is 1.63. The highest BCUT2D eigenvalue weighted by molar-refractivity contribution is 6.30. The van der Waals surface area contributed by atoms with Crippen LogP contribution < -0.4 is 0 Å². The van der Waals surface area contributed by atoms with E-state index >= 15 is 0 Å². The number of hydrogen-bond acceptors (Lipinski definition) is 3. The van der Waals surface area contributed by atoms with Crippen molar-refractivity contribution in [2.75, 3.05) is 33.4 Å². The first kappa shape index (κ1) is 13.7. The van der Waals surface area contributed by atoms with Crippen LogP contribution in [0.5, 0.6) is 0 Å². The van der Waals surface area contributed by atoms with Crippen molar-refractivity contribution >= 4 is 17.5 Å². The second-order valence-electron chi connectivity index (χ2n) is 4.57. The molecule has 0 aromatic heterocycles. The summed E-state index contributed by atoms with van der Waals surface area (Å²) in [5.74, 6) is -0.0184. The van der Waals surface area contributed by atoms with Crippen LogP contribution in [0.4, 0.5) is 0 Å². The van der Waals surface area contributed by atoms with Gasteiger partial charge in [-0.2, -0.15) is 0 Å². The number of alkyl halides is 1. The molecule has 4 nitrogen and oxygen atoms in total. The van der Waals surface area contributed by atoms with Gasteiger partial charge in [-0.1, -0.05) is 0 Å². The summed E-state index contributed by atoms with van der Waals surface area (Å²) < 4.78 is 10.5. The quantitative estimate of drug-likeness (QED) is 0.705. The first-order chi connectivity index (χ1) is 7.46. The molecule has 0 aromatic carbocycles. The molecule has 1 heterocycles. The predicted octanol–water partition coefficient (Wildman–Crippen LogP) is 1.27. The summed E-state index contributed by atoms with van der Waals surface area (Å²) in [6.07, 6.45) is 0.515. The standard InChI is InChI=1S/C11H20ClNO3/c1-11(2,15-3)8-9(12)10(14)13-4-6-16-7-5-13/h9H,4-8H2,1-3H3. The molecule has 0 N–H and O–H groups in total. The Labute approximate surface area is 102 Å². The summed E-state index contributed by atoms with van der Waals surface area (Å²) in [4.78, 5) is 13.7. The summed E-state index contributed by atoms with van der Waals surface area (Å²) in [5.41, 5.74) is -0.367. The van der Waals surface area contributed by atoms with Crippen molar-refractivity contribution in [2.45, 2.75) is 31.2 Å². The summed E-state index contributed by atoms with van der Waals surface area (Å²) in [6.45, 7) is 6.32. The number of nitrogens with zero attached hydrogens (tertiary/aromatic N) is 1. The van der Waals surface area contributed by atoms with Crippen molar-refractivity contribution in [1.82, 2.24) is 4.90 Å². The Bertz CT molecular complexity index is 239. The van der Waals surface area contributed by atoms with Crippen LogP contribution >= 0.6 is 11.6 Å². The zero-order chi connectivity index (χ0) is 12.2. The van der Waals surface area contributed by atoms with Gasteiger partial charge in [0.25, 0.3) is 0 Å². The fraction of sp³-hybridized carbons (Fsp3) is 0.909. The van der Waals surface area contributed by atoms with Crippen LogP contribution in [-0.4, -0.2) is 55.2 Å². The lowest BCUT2D eigenvalue weighted by Crippen LogP contribution is -2.45. The number of carbonyl (C=O) groups excluding carboxylic acids is 1. The third-order valence-electron chi connectivity index (χ3n) is 2.81. The van der Waals surface area contributed by atoms with Gasteiger partial charge >= 0.3 is 0 Å². The molecule has 1 fully saturated rings. The molecule has 1 saturated heterocycles. The molecule has 0 aromatic rings. The Balaban J connectivity index is 2.46. The molecule has 1 rings (SSSR count). The third-order valence-corrected chi connectivity index (χ3v) is 3.16. The molecule has 0 bridgehead atoms. The molecule has 0 aliphatic carbocycles. The molecule has 1 aliphatic heterocycles. The lowest BCUT2D eigenvalue weighted by molar-refractivity contribution is -0.136. The van der Waals surface area contributed by atoms with Gasteiger partial charge < -0.3 is 14.4 Å². The Morgan fingerprint density at radius 2 is 2.06 bits per heavy atom. The van der Waals surface area contributed by atoms with E-state index in [4.69, 9.17) is 21.1 Å². The number of methoxy groups -OCH3 is 1. The van der Waals surface area contributed by atoms with Gasteiger partial charge in [0, 0.05) is 26.6 Å². The molecule has 16 heavy (non-hydrogen) atoms. The second-order valence-corrected chi connectivity index (χ2v) is 5.10. The Hall–Kier alpha value is -0.320. The maximum Gasteiger partial charge on any atom is 0.240 e. The molecule has 5 heteroatoms. The van der Waals surface area contributed by atoms with E-state index < -0.39 is 5.38 Å². The van der Waals surface area contributed by atoms with Gasteiger partial charge in [0.1, 0.15) is 5.38 Å². The SMILES string of the molecule is COC(C)(C)CC(Cl)C(=O)N1CCOCC1. The van der Waals surface area contributed by atoms with Crippen molar-refractivity contribution in [1.29, 1.82) is 0 Å². The fourth-order valence-electron chi connectivity index (χ4n) is 1.58. The zero-order valence-electron chi connectivity index (χ0n) is 10.2. The van der Waals surface area contributed by atoms with Crippen molar-refractivity contribution in [2.24, 2.45) is 0 Å². The highest BCUT2D eigenvalue weighted by Crippen LogP contribution is 2.20. The van der Waals surface area contributed by atoms with Gasteiger partial charge in [0.2, 0.25) is 5.91 Å². The van der Waals surface area contributed by atoms with Crippen LogP contribution in [0.2, 0.25) is 0 Å². The average molecular weight is 250 g/mol. The number of morpholine rings is 1. The molecule has 1 atom stereocenters. The molecule has 0 radical (unpaired) electrons. The van der Waals surface area contributed by atoms with Crippen molar-refractivity contribution in [3.8, 4) is 0 Å². The van der Waals surface area contributed by atoms with Crippen molar-refractivity contribution < 1.29 is 14.3 Å². The highest BCUT2D eigenvalue weighted by Gasteiger charge is 2.29. The first-order valence-electron chi connectivity index (χ1n) is 5.52. The molecule has 94 valence electrons. The maximum atomic E-state index is 12.0. The minimum Gasteiger partial charge on any atom is -0.379 e. The number of amides is 1.